The summed E-state index contributed by atoms with van der Waals surface area (Å²) in [6.45, 7) is 6.72. The van der Waals surface area contributed by atoms with Gasteiger partial charge in [-0.05, 0) is 63.2 Å². The summed E-state index contributed by atoms with van der Waals surface area (Å²) in [5.74, 6) is 0.990. The molecule has 1 nitrogen and oxygen atoms in total. The summed E-state index contributed by atoms with van der Waals surface area (Å²) < 4.78 is 0. The Hall–Kier alpha value is -0.820. The molecule has 1 heteroatoms. The normalized spacial score (nSPS) is 15.6. The van der Waals surface area contributed by atoms with E-state index in [4.69, 9.17) is 0 Å². The van der Waals surface area contributed by atoms with Crippen molar-refractivity contribution in [2.24, 2.45) is 5.92 Å². The van der Waals surface area contributed by atoms with E-state index in [1.165, 1.54) is 42.5 Å². The lowest BCUT2D eigenvalue weighted by Crippen LogP contribution is -2.20. The Morgan fingerprint density at radius 2 is 2.07 bits per heavy atom. The van der Waals surface area contributed by atoms with Crippen LogP contribution in [0.25, 0.3) is 0 Å². The molecule has 0 radical (unpaired) electrons. The zero-order valence-corrected chi connectivity index (χ0v) is 9.84. The van der Waals surface area contributed by atoms with Gasteiger partial charge in [0, 0.05) is 0 Å². The fraction of sp³-hybridized carbons (Fsp3) is 0.571. The molecular formula is C14H21N. The number of nitrogens with one attached hydrogen (secondary N) is 1. The van der Waals surface area contributed by atoms with Crippen molar-refractivity contribution in [3.63, 3.8) is 0 Å². The second-order valence-corrected chi connectivity index (χ2v) is 4.83. The van der Waals surface area contributed by atoms with E-state index in [0.29, 0.717) is 0 Å². The third-order valence-corrected chi connectivity index (χ3v) is 3.20. The Morgan fingerprint density at radius 3 is 2.73 bits per heavy atom. The zero-order chi connectivity index (χ0) is 10.7. The standard InChI is InChI=1S/C14H21N/c1-11-3-6-14(12(2)9-11)7-8-15-10-13-4-5-13/h3,6,9,13,15H,4-5,7-8,10H2,1-2H3. The molecule has 0 unspecified atom stereocenters. The van der Waals surface area contributed by atoms with Gasteiger partial charge in [0.05, 0.1) is 0 Å². The number of benzene rings is 1. The molecule has 1 saturated carbocycles. The SMILES string of the molecule is Cc1ccc(CCNCC2CC2)c(C)c1. The van der Waals surface area contributed by atoms with E-state index in [0.717, 1.165) is 12.5 Å². The van der Waals surface area contributed by atoms with Crippen LogP contribution in [-0.2, 0) is 6.42 Å². The van der Waals surface area contributed by atoms with Crippen LogP contribution in [0.2, 0.25) is 0 Å². The maximum Gasteiger partial charge on any atom is -0.000814 e. The van der Waals surface area contributed by atoms with E-state index in [2.05, 4.69) is 37.4 Å². The highest BCUT2D eigenvalue weighted by Crippen LogP contribution is 2.27. The van der Waals surface area contributed by atoms with E-state index in [-0.39, 0.29) is 0 Å². The Labute approximate surface area is 92.9 Å². The molecule has 0 aromatic heterocycles. The summed E-state index contributed by atoms with van der Waals surface area (Å²) in [6, 6.07) is 6.75. The second kappa shape index (κ2) is 4.80. The third-order valence-electron chi connectivity index (χ3n) is 3.20. The van der Waals surface area contributed by atoms with E-state index in [1.807, 2.05) is 0 Å². The molecule has 0 atom stereocenters. The van der Waals surface area contributed by atoms with Crippen molar-refractivity contribution in [3.05, 3.63) is 34.9 Å². The molecule has 1 N–H and O–H groups in total. The average molecular weight is 203 g/mol. The van der Waals surface area contributed by atoms with E-state index in [1.54, 1.807) is 0 Å². The van der Waals surface area contributed by atoms with E-state index < -0.39 is 0 Å². The predicted molar refractivity (Wildman–Crippen MR) is 65.2 cm³/mol. The van der Waals surface area contributed by atoms with Crippen molar-refractivity contribution in [1.82, 2.24) is 5.32 Å². The van der Waals surface area contributed by atoms with Crippen molar-refractivity contribution >= 4 is 0 Å². The van der Waals surface area contributed by atoms with Crippen LogP contribution in [0.15, 0.2) is 18.2 Å². The molecule has 0 spiro atoms. The van der Waals surface area contributed by atoms with Crippen LogP contribution in [0.4, 0.5) is 0 Å². The van der Waals surface area contributed by atoms with Gasteiger partial charge < -0.3 is 5.32 Å². The van der Waals surface area contributed by atoms with Gasteiger partial charge in [0.1, 0.15) is 0 Å². The topological polar surface area (TPSA) is 12.0 Å². The number of hydrogen-bond donors (Lipinski definition) is 1. The van der Waals surface area contributed by atoms with Crippen LogP contribution < -0.4 is 5.32 Å². The molecule has 1 aromatic rings. The summed E-state index contributed by atoms with van der Waals surface area (Å²) in [5, 5.41) is 3.54. The van der Waals surface area contributed by atoms with Crippen LogP contribution in [0.3, 0.4) is 0 Å². The van der Waals surface area contributed by atoms with Gasteiger partial charge in [-0.2, -0.15) is 0 Å². The molecule has 2 rings (SSSR count). The predicted octanol–water partition coefficient (Wildman–Crippen LogP) is 2.85. The lowest BCUT2D eigenvalue weighted by molar-refractivity contribution is 0.636. The molecule has 1 aliphatic carbocycles. The molecular weight excluding hydrogens is 182 g/mol. The minimum atomic E-state index is 0.990. The largest absolute Gasteiger partial charge is 0.316 e. The van der Waals surface area contributed by atoms with Crippen molar-refractivity contribution in [1.29, 1.82) is 0 Å². The first-order chi connectivity index (χ1) is 7.25. The van der Waals surface area contributed by atoms with Crippen LogP contribution in [0.5, 0.6) is 0 Å². The lowest BCUT2D eigenvalue weighted by atomic mass is 10.0. The molecule has 0 amide bonds. The third kappa shape index (κ3) is 3.35. The maximum absolute atomic E-state index is 3.54. The summed E-state index contributed by atoms with van der Waals surface area (Å²) in [6.07, 6.45) is 4.05. The fourth-order valence-electron chi connectivity index (χ4n) is 1.98. The van der Waals surface area contributed by atoms with Gasteiger partial charge in [0.25, 0.3) is 0 Å². The Bertz CT molecular complexity index is 326. The minimum absolute atomic E-state index is 0.990. The molecule has 1 aromatic carbocycles. The lowest BCUT2D eigenvalue weighted by Gasteiger charge is -2.07. The summed E-state index contributed by atoms with van der Waals surface area (Å²) in [5.41, 5.74) is 4.29. The van der Waals surface area contributed by atoms with Crippen LogP contribution in [0.1, 0.15) is 29.5 Å². The highest BCUT2D eigenvalue weighted by Gasteiger charge is 2.19. The minimum Gasteiger partial charge on any atom is -0.316 e. The first-order valence-corrected chi connectivity index (χ1v) is 6.02. The zero-order valence-electron chi connectivity index (χ0n) is 9.84. The number of hydrogen-bond acceptors (Lipinski definition) is 1. The van der Waals surface area contributed by atoms with Gasteiger partial charge in [-0.3, -0.25) is 0 Å². The van der Waals surface area contributed by atoms with Crippen molar-refractivity contribution in [2.45, 2.75) is 33.1 Å². The highest BCUT2D eigenvalue weighted by atomic mass is 14.9. The summed E-state index contributed by atoms with van der Waals surface area (Å²) >= 11 is 0. The molecule has 0 saturated heterocycles. The molecule has 1 fully saturated rings. The van der Waals surface area contributed by atoms with Gasteiger partial charge >= 0.3 is 0 Å². The maximum atomic E-state index is 3.54. The molecule has 1 aliphatic rings. The van der Waals surface area contributed by atoms with Gasteiger partial charge in [0.15, 0.2) is 0 Å². The summed E-state index contributed by atoms with van der Waals surface area (Å²) in [7, 11) is 0. The number of aryl methyl sites for hydroxylation is 2. The second-order valence-electron chi connectivity index (χ2n) is 4.83. The Balaban J connectivity index is 1.76. The van der Waals surface area contributed by atoms with E-state index >= 15 is 0 Å². The first kappa shape index (κ1) is 10.7. The molecule has 15 heavy (non-hydrogen) atoms. The molecule has 82 valence electrons. The van der Waals surface area contributed by atoms with Crippen LogP contribution in [-0.4, -0.2) is 13.1 Å². The monoisotopic (exact) mass is 203 g/mol. The first-order valence-electron chi connectivity index (χ1n) is 6.02. The summed E-state index contributed by atoms with van der Waals surface area (Å²) in [4.78, 5) is 0. The van der Waals surface area contributed by atoms with Crippen LogP contribution >= 0.6 is 0 Å². The smallest absolute Gasteiger partial charge is 0.000814 e. The molecule has 0 bridgehead atoms. The molecule has 0 aliphatic heterocycles. The van der Waals surface area contributed by atoms with Gasteiger partial charge in [-0.25, -0.2) is 0 Å². The highest BCUT2D eigenvalue weighted by molar-refractivity contribution is 5.30. The van der Waals surface area contributed by atoms with Gasteiger partial charge in [-0.15, -0.1) is 0 Å². The molecule has 0 heterocycles. The quantitative estimate of drug-likeness (QED) is 0.726. The van der Waals surface area contributed by atoms with Gasteiger partial charge in [-0.1, -0.05) is 23.8 Å². The fourth-order valence-corrected chi connectivity index (χ4v) is 1.98. The van der Waals surface area contributed by atoms with Gasteiger partial charge in [0.2, 0.25) is 0 Å². The van der Waals surface area contributed by atoms with Crippen molar-refractivity contribution < 1.29 is 0 Å². The average Bonchev–Trinajstić information content (AvgIpc) is 2.99. The van der Waals surface area contributed by atoms with Crippen molar-refractivity contribution in [3.8, 4) is 0 Å². The van der Waals surface area contributed by atoms with E-state index in [9.17, 15) is 0 Å². The Kier molecular flexibility index (Phi) is 3.42. The number of rotatable bonds is 5. The Morgan fingerprint density at radius 1 is 1.27 bits per heavy atom. The van der Waals surface area contributed by atoms with Crippen LogP contribution in [0, 0.1) is 19.8 Å². The van der Waals surface area contributed by atoms with Crippen molar-refractivity contribution in [2.75, 3.05) is 13.1 Å².